The Labute approximate surface area is 142 Å². The summed E-state index contributed by atoms with van der Waals surface area (Å²) in [5, 5.41) is 12.4. The SMILES string of the molecule is CC(NC(=O)c1ccccc1C(=O)O)C12CC3CC(CC(C3)C1)C2. The van der Waals surface area contributed by atoms with Crippen molar-refractivity contribution in [3.63, 3.8) is 0 Å². The maximum atomic E-state index is 12.7. The first-order chi connectivity index (χ1) is 11.5. The molecular formula is C20H25NO3. The molecule has 4 nitrogen and oxygen atoms in total. The van der Waals surface area contributed by atoms with E-state index in [1.807, 2.05) is 0 Å². The maximum absolute atomic E-state index is 12.7. The lowest BCUT2D eigenvalue weighted by Gasteiger charge is -2.59. The Balaban J connectivity index is 1.53. The molecule has 1 amide bonds. The summed E-state index contributed by atoms with van der Waals surface area (Å²) in [5.74, 6) is 1.20. The van der Waals surface area contributed by atoms with E-state index in [0.717, 1.165) is 17.8 Å². The number of rotatable bonds is 4. The highest BCUT2D eigenvalue weighted by atomic mass is 16.4. The molecule has 0 spiro atoms. The Morgan fingerprint density at radius 1 is 1.04 bits per heavy atom. The van der Waals surface area contributed by atoms with Crippen molar-refractivity contribution in [3.8, 4) is 0 Å². The third kappa shape index (κ3) is 2.52. The zero-order valence-corrected chi connectivity index (χ0v) is 14.1. The highest BCUT2D eigenvalue weighted by Gasteiger charge is 2.53. The van der Waals surface area contributed by atoms with Gasteiger partial charge in [0.1, 0.15) is 0 Å². The van der Waals surface area contributed by atoms with Crippen LogP contribution in [0.25, 0.3) is 0 Å². The first-order valence-corrected chi connectivity index (χ1v) is 9.10. The standard InChI is InChI=1S/C20H25NO3/c1-12(20-9-13-6-14(10-20)8-15(7-13)11-20)21-18(22)16-4-2-3-5-17(16)19(23)24/h2-5,12-15H,6-11H2,1H3,(H,21,22)(H,23,24). The van der Waals surface area contributed by atoms with Gasteiger partial charge in [-0.1, -0.05) is 12.1 Å². The number of benzene rings is 1. The van der Waals surface area contributed by atoms with Gasteiger partial charge in [-0.3, -0.25) is 4.79 Å². The Bertz CT molecular complexity index is 646. The second-order valence-electron chi connectivity index (χ2n) is 8.33. The van der Waals surface area contributed by atoms with Crippen molar-refractivity contribution in [2.24, 2.45) is 23.2 Å². The van der Waals surface area contributed by atoms with Crippen molar-refractivity contribution in [1.29, 1.82) is 0 Å². The summed E-state index contributed by atoms with van der Waals surface area (Å²) in [4.78, 5) is 24.1. The molecule has 4 heteroatoms. The number of amides is 1. The van der Waals surface area contributed by atoms with Gasteiger partial charge in [-0.25, -0.2) is 4.79 Å². The van der Waals surface area contributed by atoms with Crippen LogP contribution in [-0.2, 0) is 0 Å². The van der Waals surface area contributed by atoms with Crippen LogP contribution in [0.4, 0.5) is 0 Å². The summed E-state index contributed by atoms with van der Waals surface area (Å²) >= 11 is 0. The summed E-state index contributed by atoms with van der Waals surface area (Å²) in [5.41, 5.74) is 0.567. The second-order valence-corrected chi connectivity index (χ2v) is 8.33. The van der Waals surface area contributed by atoms with E-state index in [1.165, 1.54) is 44.6 Å². The van der Waals surface area contributed by atoms with Crippen LogP contribution < -0.4 is 5.32 Å². The van der Waals surface area contributed by atoms with Gasteiger partial charge >= 0.3 is 5.97 Å². The van der Waals surface area contributed by atoms with E-state index in [2.05, 4.69) is 12.2 Å². The van der Waals surface area contributed by atoms with E-state index in [4.69, 9.17) is 0 Å². The predicted molar refractivity (Wildman–Crippen MR) is 90.9 cm³/mol. The number of nitrogens with one attached hydrogen (secondary N) is 1. The van der Waals surface area contributed by atoms with Gasteiger partial charge in [0.2, 0.25) is 0 Å². The molecule has 4 fully saturated rings. The van der Waals surface area contributed by atoms with Gasteiger partial charge in [-0.15, -0.1) is 0 Å². The third-order valence-corrected chi connectivity index (χ3v) is 6.75. The second kappa shape index (κ2) is 5.61. The summed E-state index contributed by atoms with van der Waals surface area (Å²) in [6.07, 6.45) is 7.80. The van der Waals surface area contributed by atoms with E-state index in [1.54, 1.807) is 18.2 Å². The molecule has 4 aliphatic carbocycles. The molecule has 4 saturated carbocycles. The van der Waals surface area contributed by atoms with Gasteiger partial charge in [0.25, 0.3) is 5.91 Å². The first kappa shape index (κ1) is 15.7. The maximum Gasteiger partial charge on any atom is 0.336 e. The molecule has 128 valence electrons. The molecular weight excluding hydrogens is 302 g/mol. The molecule has 0 aromatic heterocycles. The number of aromatic carboxylic acids is 1. The van der Waals surface area contributed by atoms with Crippen molar-refractivity contribution in [3.05, 3.63) is 35.4 Å². The van der Waals surface area contributed by atoms with Crippen LogP contribution >= 0.6 is 0 Å². The Morgan fingerprint density at radius 2 is 1.54 bits per heavy atom. The lowest BCUT2D eigenvalue weighted by atomic mass is 9.48. The molecule has 0 heterocycles. The van der Waals surface area contributed by atoms with Crippen molar-refractivity contribution in [2.45, 2.75) is 51.5 Å². The Hall–Kier alpha value is -1.84. The highest BCUT2D eigenvalue weighted by Crippen LogP contribution is 2.61. The van der Waals surface area contributed by atoms with Crippen molar-refractivity contribution >= 4 is 11.9 Å². The van der Waals surface area contributed by atoms with Gasteiger partial charge < -0.3 is 10.4 Å². The molecule has 1 aromatic rings. The third-order valence-electron chi connectivity index (χ3n) is 6.75. The van der Waals surface area contributed by atoms with E-state index in [-0.39, 0.29) is 28.5 Å². The fourth-order valence-electron chi connectivity index (χ4n) is 6.00. The molecule has 5 rings (SSSR count). The normalized spacial score (nSPS) is 34.8. The van der Waals surface area contributed by atoms with Crippen molar-refractivity contribution < 1.29 is 14.7 Å². The van der Waals surface area contributed by atoms with Crippen LogP contribution in [0, 0.1) is 23.2 Å². The number of hydrogen-bond acceptors (Lipinski definition) is 2. The van der Waals surface area contributed by atoms with Crippen LogP contribution in [0.1, 0.15) is 66.2 Å². The summed E-state index contributed by atoms with van der Waals surface area (Å²) in [7, 11) is 0. The number of carbonyl (C=O) groups is 2. The van der Waals surface area contributed by atoms with Gasteiger partial charge in [0.05, 0.1) is 11.1 Å². The average Bonchev–Trinajstić information content (AvgIpc) is 2.53. The number of carboxylic acid groups (broad SMARTS) is 1. The highest BCUT2D eigenvalue weighted by molar-refractivity contribution is 6.04. The summed E-state index contributed by atoms with van der Waals surface area (Å²) in [6.45, 7) is 2.12. The van der Waals surface area contributed by atoms with Crippen LogP contribution in [0.5, 0.6) is 0 Å². The smallest absolute Gasteiger partial charge is 0.336 e. The molecule has 1 unspecified atom stereocenters. The minimum atomic E-state index is -1.05. The quantitative estimate of drug-likeness (QED) is 0.886. The number of hydrogen-bond donors (Lipinski definition) is 2. The molecule has 4 bridgehead atoms. The first-order valence-electron chi connectivity index (χ1n) is 9.10. The van der Waals surface area contributed by atoms with Crippen LogP contribution in [-0.4, -0.2) is 23.0 Å². The Morgan fingerprint density at radius 3 is 2.04 bits per heavy atom. The van der Waals surface area contributed by atoms with Gasteiger partial charge in [0.15, 0.2) is 0 Å². The fourth-order valence-corrected chi connectivity index (χ4v) is 6.00. The van der Waals surface area contributed by atoms with Gasteiger partial charge in [-0.2, -0.15) is 0 Å². The van der Waals surface area contributed by atoms with E-state index < -0.39 is 5.97 Å². The predicted octanol–water partition coefficient (Wildman–Crippen LogP) is 3.72. The van der Waals surface area contributed by atoms with Crippen LogP contribution in [0.2, 0.25) is 0 Å². The molecule has 1 atom stereocenters. The van der Waals surface area contributed by atoms with E-state index in [0.29, 0.717) is 0 Å². The van der Waals surface area contributed by atoms with Crippen molar-refractivity contribution in [2.75, 3.05) is 0 Å². The number of carboxylic acids is 1. The number of carbonyl (C=O) groups excluding carboxylic acids is 1. The molecule has 1 aromatic carbocycles. The van der Waals surface area contributed by atoms with E-state index in [9.17, 15) is 14.7 Å². The minimum Gasteiger partial charge on any atom is -0.478 e. The van der Waals surface area contributed by atoms with Crippen LogP contribution in [0.3, 0.4) is 0 Å². The molecule has 0 aliphatic heterocycles. The average molecular weight is 327 g/mol. The van der Waals surface area contributed by atoms with Gasteiger partial charge in [0, 0.05) is 6.04 Å². The topological polar surface area (TPSA) is 66.4 Å². The van der Waals surface area contributed by atoms with E-state index >= 15 is 0 Å². The lowest BCUT2D eigenvalue weighted by molar-refractivity contribution is -0.0688. The molecule has 0 radical (unpaired) electrons. The molecule has 0 saturated heterocycles. The molecule has 4 aliphatic rings. The zero-order chi connectivity index (χ0) is 16.9. The monoisotopic (exact) mass is 327 g/mol. The summed E-state index contributed by atoms with van der Waals surface area (Å²) < 4.78 is 0. The fraction of sp³-hybridized carbons (Fsp3) is 0.600. The Kier molecular flexibility index (Phi) is 3.66. The summed E-state index contributed by atoms with van der Waals surface area (Å²) in [6, 6.07) is 6.57. The minimum absolute atomic E-state index is 0.0766. The largest absolute Gasteiger partial charge is 0.478 e. The molecule has 24 heavy (non-hydrogen) atoms. The zero-order valence-electron chi connectivity index (χ0n) is 14.1. The van der Waals surface area contributed by atoms with Crippen LogP contribution in [0.15, 0.2) is 24.3 Å². The molecule has 2 N–H and O–H groups in total. The van der Waals surface area contributed by atoms with Crippen molar-refractivity contribution in [1.82, 2.24) is 5.32 Å². The van der Waals surface area contributed by atoms with Gasteiger partial charge in [-0.05, 0) is 80.8 Å². The lowest BCUT2D eigenvalue weighted by Crippen LogP contribution is -2.55.